The lowest BCUT2D eigenvalue weighted by molar-refractivity contribution is -0.131. The topological polar surface area (TPSA) is 67.4 Å². The van der Waals surface area contributed by atoms with Crippen molar-refractivity contribution in [2.24, 2.45) is 5.41 Å². The van der Waals surface area contributed by atoms with Gasteiger partial charge in [-0.3, -0.25) is 9.59 Å². The first-order valence-corrected chi connectivity index (χ1v) is 8.42. The number of carbonyl (C=O) groups is 2. The lowest BCUT2D eigenvalue weighted by Gasteiger charge is -2.17. The fraction of sp³-hybridized carbons (Fsp3) is 0.222. The number of ether oxygens (including phenoxy) is 1. The van der Waals surface area contributed by atoms with Gasteiger partial charge in [0.15, 0.2) is 0 Å². The molecule has 2 aromatic carbocycles. The molecule has 0 heterocycles. The number of hydrogen-bond acceptors (Lipinski definition) is 3. The first kappa shape index (κ1) is 17.6. The van der Waals surface area contributed by atoms with E-state index in [9.17, 15) is 9.59 Å². The lowest BCUT2D eigenvalue weighted by Crippen LogP contribution is -2.35. The van der Waals surface area contributed by atoms with E-state index in [1.807, 2.05) is 0 Å². The minimum absolute atomic E-state index is 0.340. The number of halogens is 2. The number of hydrogen-bond donors (Lipinski definition) is 2. The number of methoxy groups -OCH3 is 1. The highest BCUT2D eigenvalue weighted by atomic mass is 35.5. The zero-order valence-corrected chi connectivity index (χ0v) is 14.9. The van der Waals surface area contributed by atoms with Gasteiger partial charge in [0.2, 0.25) is 11.8 Å². The molecule has 0 bridgehead atoms. The van der Waals surface area contributed by atoms with Crippen molar-refractivity contribution < 1.29 is 14.3 Å². The Hall–Kier alpha value is -2.24. The molecule has 130 valence electrons. The molecule has 1 aliphatic carbocycles. The molecule has 1 saturated carbocycles. The molecule has 1 fully saturated rings. The van der Waals surface area contributed by atoms with Crippen LogP contribution in [0.3, 0.4) is 0 Å². The van der Waals surface area contributed by atoms with Crippen LogP contribution in [0.1, 0.15) is 12.8 Å². The van der Waals surface area contributed by atoms with E-state index in [-0.39, 0.29) is 11.8 Å². The van der Waals surface area contributed by atoms with Gasteiger partial charge in [-0.05, 0) is 55.3 Å². The van der Waals surface area contributed by atoms with Crippen LogP contribution < -0.4 is 15.4 Å². The molecule has 2 aromatic rings. The number of nitrogens with one attached hydrogen (secondary N) is 2. The Kier molecular flexibility index (Phi) is 4.88. The molecule has 7 heteroatoms. The smallest absolute Gasteiger partial charge is 0.240 e. The Morgan fingerprint density at radius 3 is 2.16 bits per heavy atom. The van der Waals surface area contributed by atoms with Crippen LogP contribution in [-0.2, 0) is 9.59 Å². The van der Waals surface area contributed by atoms with Crippen LogP contribution in [-0.4, -0.2) is 18.9 Å². The van der Waals surface area contributed by atoms with E-state index in [4.69, 9.17) is 27.9 Å². The van der Waals surface area contributed by atoms with E-state index in [2.05, 4.69) is 10.6 Å². The zero-order valence-electron chi connectivity index (χ0n) is 13.4. The van der Waals surface area contributed by atoms with Gasteiger partial charge in [-0.15, -0.1) is 0 Å². The van der Waals surface area contributed by atoms with Crippen LogP contribution in [0, 0.1) is 5.41 Å². The van der Waals surface area contributed by atoms with E-state index in [0.717, 1.165) is 0 Å². The maximum absolute atomic E-state index is 12.7. The van der Waals surface area contributed by atoms with Crippen LogP contribution in [0.15, 0.2) is 42.5 Å². The first-order chi connectivity index (χ1) is 11.9. The molecule has 0 aromatic heterocycles. The number of amides is 2. The van der Waals surface area contributed by atoms with Gasteiger partial charge in [-0.1, -0.05) is 23.2 Å². The largest absolute Gasteiger partial charge is 0.495 e. The molecular weight excluding hydrogens is 363 g/mol. The third-order valence-corrected chi connectivity index (χ3v) is 4.62. The van der Waals surface area contributed by atoms with Gasteiger partial charge in [-0.2, -0.15) is 0 Å². The van der Waals surface area contributed by atoms with E-state index >= 15 is 0 Å². The van der Waals surface area contributed by atoms with Crippen molar-refractivity contribution in [1.29, 1.82) is 0 Å². The van der Waals surface area contributed by atoms with Crippen LogP contribution in [0.2, 0.25) is 10.0 Å². The predicted octanol–water partition coefficient (Wildman–Crippen LogP) is 4.36. The summed E-state index contributed by atoms with van der Waals surface area (Å²) in [5.41, 5.74) is -0.0492. The van der Waals surface area contributed by atoms with Crippen LogP contribution in [0.5, 0.6) is 5.75 Å². The maximum Gasteiger partial charge on any atom is 0.240 e. The van der Waals surface area contributed by atoms with E-state index in [1.165, 1.54) is 7.11 Å². The Morgan fingerprint density at radius 2 is 1.56 bits per heavy atom. The molecule has 0 spiro atoms. The fourth-order valence-corrected chi connectivity index (χ4v) is 2.78. The van der Waals surface area contributed by atoms with E-state index in [1.54, 1.807) is 42.5 Å². The monoisotopic (exact) mass is 378 g/mol. The van der Waals surface area contributed by atoms with E-state index in [0.29, 0.717) is 40.0 Å². The summed E-state index contributed by atoms with van der Waals surface area (Å²) in [7, 11) is 1.50. The molecule has 0 saturated heterocycles. The molecule has 2 N–H and O–H groups in total. The molecule has 5 nitrogen and oxygen atoms in total. The summed E-state index contributed by atoms with van der Waals surface area (Å²) in [6, 6.07) is 11.6. The quantitative estimate of drug-likeness (QED) is 0.759. The van der Waals surface area contributed by atoms with Crippen molar-refractivity contribution in [2.75, 3.05) is 17.7 Å². The maximum atomic E-state index is 12.7. The summed E-state index contributed by atoms with van der Waals surface area (Å²) in [5, 5.41) is 6.55. The molecule has 0 atom stereocenters. The van der Waals surface area contributed by atoms with Crippen molar-refractivity contribution in [1.82, 2.24) is 0 Å². The Morgan fingerprint density at radius 1 is 0.960 bits per heavy atom. The number of rotatable bonds is 5. The van der Waals surface area contributed by atoms with Crippen molar-refractivity contribution >= 4 is 46.4 Å². The minimum Gasteiger partial charge on any atom is -0.495 e. The molecule has 0 unspecified atom stereocenters. The van der Waals surface area contributed by atoms with Crippen molar-refractivity contribution in [3.05, 3.63) is 52.5 Å². The second kappa shape index (κ2) is 6.94. The predicted molar refractivity (Wildman–Crippen MR) is 98.4 cm³/mol. The van der Waals surface area contributed by atoms with Crippen molar-refractivity contribution in [2.45, 2.75) is 12.8 Å². The molecule has 2 amide bonds. The fourth-order valence-electron chi connectivity index (χ4n) is 2.49. The summed E-state index contributed by atoms with van der Waals surface area (Å²) in [4.78, 5) is 25.2. The summed E-state index contributed by atoms with van der Waals surface area (Å²) in [6.07, 6.45) is 0.974. The molecule has 3 rings (SSSR count). The third kappa shape index (κ3) is 3.72. The van der Waals surface area contributed by atoms with Gasteiger partial charge >= 0.3 is 0 Å². The third-order valence-electron chi connectivity index (χ3n) is 4.13. The van der Waals surface area contributed by atoms with Gasteiger partial charge in [0.1, 0.15) is 11.2 Å². The lowest BCUT2D eigenvalue weighted by atomic mass is 10.0. The minimum atomic E-state index is -1.08. The van der Waals surface area contributed by atoms with E-state index < -0.39 is 5.41 Å². The van der Waals surface area contributed by atoms with Gasteiger partial charge in [0.25, 0.3) is 0 Å². The van der Waals surface area contributed by atoms with Gasteiger partial charge in [-0.25, -0.2) is 0 Å². The SMILES string of the molecule is COc1ccc(Cl)cc1NC(=O)C1(C(=O)Nc2ccc(Cl)cc2)CC1. The van der Waals surface area contributed by atoms with Crippen molar-refractivity contribution in [3.8, 4) is 5.75 Å². The highest BCUT2D eigenvalue weighted by Crippen LogP contribution is 2.48. The summed E-state index contributed by atoms with van der Waals surface area (Å²) >= 11 is 11.8. The molecule has 25 heavy (non-hydrogen) atoms. The standard InChI is InChI=1S/C18H16Cl2N2O3/c1-25-15-7-4-12(20)10-14(15)22-17(24)18(8-9-18)16(23)21-13-5-2-11(19)3-6-13/h2-7,10H,8-9H2,1H3,(H,21,23)(H,22,24). The molecule has 1 aliphatic rings. The first-order valence-electron chi connectivity index (χ1n) is 7.67. The second-order valence-corrected chi connectivity index (χ2v) is 6.71. The van der Waals surface area contributed by atoms with Crippen molar-refractivity contribution in [3.63, 3.8) is 0 Å². The number of carbonyl (C=O) groups excluding carboxylic acids is 2. The highest BCUT2D eigenvalue weighted by molar-refractivity contribution is 6.31. The normalized spacial score (nSPS) is 14.5. The summed E-state index contributed by atoms with van der Waals surface area (Å²) in [5.74, 6) is -0.237. The van der Waals surface area contributed by atoms with Gasteiger partial charge < -0.3 is 15.4 Å². The van der Waals surface area contributed by atoms with Gasteiger partial charge in [0, 0.05) is 15.7 Å². The Balaban J connectivity index is 1.74. The Labute approximate surface area is 155 Å². The summed E-state index contributed by atoms with van der Waals surface area (Å²) in [6.45, 7) is 0. The summed E-state index contributed by atoms with van der Waals surface area (Å²) < 4.78 is 5.22. The number of anilines is 2. The van der Waals surface area contributed by atoms with Crippen LogP contribution in [0.4, 0.5) is 11.4 Å². The molecule has 0 aliphatic heterocycles. The Bertz CT molecular complexity index is 818. The molecule has 0 radical (unpaired) electrons. The second-order valence-electron chi connectivity index (χ2n) is 5.84. The average Bonchev–Trinajstić information content (AvgIpc) is 3.39. The zero-order chi connectivity index (χ0) is 18.0. The van der Waals surface area contributed by atoms with Gasteiger partial charge in [0.05, 0.1) is 12.8 Å². The molecular formula is C18H16Cl2N2O3. The van der Waals surface area contributed by atoms with Crippen LogP contribution in [0.25, 0.3) is 0 Å². The highest BCUT2D eigenvalue weighted by Gasteiger charge is 2.56. The average molecular weight is 379 g/mol. The van der Waals surface area contributed by atoms with Crippen LogP contribution >= 0.6 is 23.2 Å². The number of benzene rings is 2.